The van der Waals surface area contributed by atoms with Crippen molar-refractivity contribution in [2.24, 2.45) is 0 Å². The molecular formula is C20H21FN4O2. The number of hydrogen-bond acceptors (Lipinski definition) is 4. The van der Waals surface area contributed by atoms with Gasteiger partial charge in [0.2, 0.25) is 5.91 Å². The molecule has 4 rings (SSSR count). The van der Waals surface area contributed by atoms with Gasteiger partial charge in [-0.15, -0.1) is 0 Å². The molecule has 1 N–H and O–H groups in total. The van der Waals surface area contributed by atoms with Gasteiger partial charge in [-0.3, -0.25) is 14.5 Å². The van der Waals surface area contributed by atoms with Crippen LogP contribution in [0.2, 0.25) is 0 Å². The van der Waals surface area contributed by atoms with Gasteiger partial charge in [-0.1, -0.05) is 25.5 Å². The average molecular weight is 368 g/mol. The number of halogens is 1. The summed E-state index contributed by atoms with van der Waals surface area (Å²) in [4.78, 5) is 33.5. The summed E-state index contributed by atoms with van der Waals surface area (Å²) < 4.78 is 13.0. The van der Waals surface area contributed by atoms with Crippen LogP contribution in [0.4, 0.5) is 21.6 Å². The van der Waals surface area contributed by atoms with Crippen molar-refractivity contribution < 1.29 is 14.0 Å². The van der Waals surface area contributed by atoms with Crippen molar-refractivity contribution in [3.63, 3.8) is 0 Å². The third kappa shape index (κ3) is 3.13. The number of alkyl halides is 1. The van der Waals surface area contributed by atoms with Crippen LogP contribution < -0.4 is 15.1 Å². The van der Waals surface area contributed by atoms with E-state index in [2.05, 4.69) is 10.3 Å². The van der Waals surface area contributed by atoms with Crippen LogP contribution >= 0.6 is 0 Å². The second kappa shape index (κ2) is 6.98. The predicted molar refractivity (Wildman–Crippen MR) is 102 cm³/mol. The Labute approximate surface area is 157 Å². The molecule has 2 aromatic rings. The minimum atomic E-state index is -0.814. The van der Waals surface area contributed by atoms with E-state index < -0.39 is 12.2 Å². The van der Waals surface area contributed by atoms with Gasteiger partial charge in [0.15, 0.2) is 0 Å². The van der Waals surface area contributed by atoms with Crippen molar-refractivity contribution in [3.05, 3.63) is 48.2 Å². The van der Waals surface area contributed by atoms with Gasteiger partial charge in [-0.25, -0.2) is 9.37 Å². The minimum absolute atomic E-state index is 0.178. The largest absolute Gasteiger partial charge is 0.351 e. The molecule has 27 heavy (non-hydrogen) atoms. The Kier molecular flexibility index (Phi) is 4.51. The zero-order valence-corrected chi connectivity index (χ0v) is 15.1. The molecule has 7 heteroatoms. The first kappa shape index (κ1) is 17.5. The van der Waals surface area contributed by atoms with Crippen LogP contribution in [0.25, 0.3) is 0 Å². The van der Waals surface area contributed by atoms with Crippen LogP contribution in [0.5, 0.6) is 0 Å². The molecule has 0 unspecified atom stereocenters. The number of fused-ring (bicyclic) bond motifs is 1. The minimum Gasteiger partial charge on any atom is -0.351 e. The molecule has 1 saturated heterocycles. The number of benzene rings is 1. The van der Waals surface area contributed by atoms with E-state index >= 15 is 0 Å². The van der Waals surface area contributed by atoms with Gasteiger partial charge in [0.25, 0.3) is 5.91 Å². The van der Waals surface area contributed by atoms with E-state index in [4.69, 9.17) is 0 Å². The van der Waals surface area contributed by atoms with Gasteiger partial charge < -0.3 is 10.2 Å². The number of amides is 2. The highest BCUT2D eigenvalue weighted by Gasteiger charge is 2.36. The molecular weight excluding hydrogens is 347 g/mol. The average Bonchev–Trinajstić information content (AvgIpc) is 2.66. The molecule has 140 valence electrons. The van der Waals surface area contributed by atoms with Crippen LogP contribution in [0.1, 0.15) is 30.1 Å². The van der Waals surface area contributed by atoms with Crippen molar-refractivity contribution >= 4 is 29.0 Å². The maximum Gasteiger partial charge on any atom is 0.260 e. The van der Waals surface area contributed by atoms with E-state index in [1.807, 2.05) is 30.0 Å². The number of carbonyl (C=O) groups excluding carboxylic acids is 2. The summed E-state index contributed by atoms with van der Waals surface area (Å²) in [6.07, 6.45) is 2.04. The zero-order valence-electron chi connectivity index (χ0n) is 15.1. The first-order chi connectivity index (χ1) is 13.1. The van der Waals surface area contributed by atoms with Gasteiger partial charge in [-0.05, 0) is 30.7 Å². The van der Waals surface area contributed by atoms with E-state index in [0.29, 0.717) is 42.3 Å². The number of carbonyl (C=O) groups is 2. The monoisotopic (exact) mass is 368 g/mol. The number of rotatable bonds is 4. The molecule has 0 saturated carbocycles. The maximum atomic E-state index is 13.2. The lowest BCUT2D eigenvalue weighted by molar-refractivity contribution is -0.117. The number of anilines is 3. The normalized spacial score (nSPS) is 19.3. The number of pyridine rings is 1. The number of hydrogen-bond donors (Lipinski definition) is 1. The van der Waals surface area contributed by atoms with E-state index in [1.165, 1.54) is 6.20 Å². The highest BCUT2D eigenvalue weighted by atomic mass is 19.1. The number of nitrogens with one attached hydrogen (secondary N) is 1. The van der Waals surface area contributed by atoms with Gasteiger partial charge >= 0.3 is 0 Å². The van der Waals surface area contributed by atoms with E-state index in [0.717, 1.165) is 6.42 Å². The Morgan fingerprint density at radius 1 is 1.26 bits per heavy atom. The zero-order chi connectivity index (χ0) is 19.0. The summed E-state index contributed by atoms with van der Waals surface area (Å²) in [6, 6.07) is 10.1. The third-order valence-corrected chi connectivity index (χ3v) is 4.97. The first-order valence-electron chi connectivity index (χ1n) is 9.17. The van der Waals surface area contributed by atoms with E-state index in [-0.39, 0.29) is 11.8 Å². The number of para-hydroxylation sites is 2. The molecule has 1 aromatic carbocycles. The van der Waals surface area contributed by atoms with Crippen LogP contribution in [0.15, 0.2) is 42.6 Å². The quantitative estimate of drug-likeness (QED) is 0.901. The summed E-state index contributed by atoms with van der Waals surface area (Å²) >= 11 is 0. The molecule has 1 aromatic heterocycles. The van der Waals surface area contributed by atoms with Crippen LogP contribution in [-0.2, 0) is 4.79 Å². The summed E-state index contributed by atoms with van der Waals surface area (Å²) in [6.45, 7) is 2.65. The molecule has 0 aliphatic carbocycles. The lowest BCUT2D eigenvalue weighted by Crippen LogP contribution is -2.51. The second-order valence-electron chi connectivity index (χ2n) is 6.89. The Morgan fingerprint density at radius 2 is 2.04 bits per heavy atom. The molecule has 0 radical (unpaired) electrons. The Balaban J connectivity index is 1.65. The Hall–Kier alpha value is -2.96. The van der Waals surface area contributed by atoms with Gasteiger partial charge in [0, 0.05) is 6.20 Å². The lowest BCUT2D eigenvalue weighted by Gasteiger charge is -2.37. The molecule has 2 aliphatic heterocycles. The third-order valence-electron chi connectivity index (χ3n) is 4.97. The van der Waals surface area contributed by atoms with Gasteiger partial charge in [-0.2, -0.15) is 0 Å². The Morgan fingerprint density at radius 3 is 2.70 bits per heavy atom. The lowest BCUT2D eigenvalue weighted by atomic mass is 10.0. The number of aromatic nitrogens is 1. The topological polar surface area (TPSA) is 65.5 Å². The van der Waals surface area contributed by atoms with Crippen LogP contribution in [-0.4, -0.2) is 42.1 Å². The van der Waals surface area contributed by atoms with Crippen molar-refractivity contribution in [3.8, 4) is 0 Å². The maximum absolute atomic E-state index is 13.2. The van der Waals surface area contributed by atoms with E-state index in [1.54, 1.807) is 23.1 Å². The van der Waals surface area contributed by atoms with Crippen molar-refractivity contribution in [1.82, 2.24) is 4.98 Å². The van der Waals surface area contributed by atoms with Crippen molar-refractivity contribution in [1.29, 1.82) is 0 Å². The highest BCUT2D eigenvalue weighted by Crippen LogP contribution is 2.34. The first-order valence-corrected chi connectivity index (χ1v) is 9.17. The fraction of sp³-hybridized carbons (Fsp3) is 0.350. The van der Waals surface area contributed by atoms with Gasteiger partial charge in [0.05, 0.1) is 30.0 Å². The second-order valence-corrected chi connectivity index (χ2v) is 6.89. The molecule has 1 fully saturated rings. The fourth-order valence-electron chi connectivity index (χ4n) is 3.53. The Bertz CT molecular complexity index is 865. The van der Waals surface area contributed by atoms with Crippen LogP contribution in [0, 0.1) is 0 Å². The SMILES string of the molecule is CCC[C@H]1C(=O)Nc2ccccc2N1C(=O)c1ccc(N2CC(F)C2)nc1. The molecule has 2 aliphatic rings. The number of nitrogens with zero attached hydrogens (tertiary/aromatic N) is 3. The summed E-state index contributed by atoms with van der Waals surface area (Å²) in [5.74, 6) is 0.215. The van der Waals surface area contributed by atoms with E-state index in [9.17, 15) is 14.0 Å². The molecule has 3 heterocycles. The van der Waals surface area contributed by atoms with Crippen LogP contribution in [0.3, 0.4) is 0 Å². The molecule has 2 amide bonds. The van der Waals surface area contributed by atoms with Crippen molar-refractivity contribution in [2.75, 3.05) is 28.2 Å². The predicted octanol–water partition coefficient (Wildman–Crippen LogP) is 3.01. The summed E-state index contributed by atoms with van der Waals surface area (Å²) in [5.41, 5.74) is 1.72. The standard InChI is InChI=1S/C20H21FN4O2/c1-2-5-17-19(26)23-15-6-3-4-7-16(15)25(17)20(27)13-8-9-18(22-10-13)24-11-14(21)12-24/h3-4,6-10,14,17H,2,5,11-12H2,1H3,(H,23,26)/t17-/m0/s1. The van der Waals surface area contributed by atoms with Gasteiger partial charge in [0.1, 0.15) is 18.0 Å². The molecule has 6 nitrogen and oxygen atoms in total. The van der Waals surface area contributed by atoms with Crippen molar-refractivity contribution in [2.45, 2.75) is 32.0 Å². The summed E-state index contributed by atoms with van der Waals surface area (Å²) in [5, 5.41) is 2.88. The fourth-order valence-corrected chi connectivity index (χ4v) is 3.53. The smallest absolute Gasteiger partial charge is 0.260 e. The molecule has 0 bridgehead atoms. The summed E-state index contributed by atoms with van der Waals surface area (Å²) in [7, 11) is 0. The molecule has 1 atom stereocenters. The molecule has 0 spiro atoms. The highest BCUT2D eigenvalue weighted by molar-refractivity contribution is 6.16.